The Morgan fingerprint density at radius 2 is 2.37 bits per heavy atom. The van der Waals surface area contributed by atoms with E-state index in [1.165, 1.54) is 16.7 Å². The van der Waals surface area contributed by atoms with Gasteiger partial charge < -0.3 is 10.2 Å². The summed E-state index contributed by atoms with van der Waals surface area (Å²) in [5.41, 5.74) is 0. The molecular weight excluding hydrogens is 301 g/mol. The molecule has 1 N–H and O–H groups in total. The van der Waals surface area contributed by atoms with Crippen LogP contribution in [0, 0.1) is 0 Å². The minimum absolute atomic E-state index is 0.0721. The van der Waals surface area contributed by atoms with Crippen molar-refractivity contribution in [1.82, 2.24) is 10.2 Å². The molecule has 2 atom stereocenters. The molecule has 4 nitrogen and oxygen atoms in total. The smallest absolute Gasteiger partial charge is 0.322 e. The maximum atomic E-state index is 12.6. The zero-order chi connectivity index (χ0) is 14.0. The predicted octanol–water partition coefficient (Wildman–Crippen LogP) is 1.20. The lowest BCUT2D eigenvalue weighted by molar-refractivity contribution is -0.144. The molecule has 1 unspecified atom stereocenters. The second kappa shape index (κ2) is 5.66. The van der Waals surface area contributed by atoms with E-state index in [9.17, 15) is 22.8 Å². The van der Waals surface area contributed by atoms with E-state index in [2.05, 4.69) is 5.32 Å². The van der Waals surface area contributed by atoms with Crippen LogP contribution in [0.1, 0.15) is 0 Å². The third-order valence-corrected chi connectivity index (χ3v) is 4.76. The van der Waals surface area contributed by atoms with Crippen molar-refractivity contribution in [2.24, 2.45) is 0 Å². The summed E-state index contributed by atoms with van der Waals surface area (Å²) in [5.74, 6) is -0.793. The van der Waals surface area contributed by atoms with E-state index in [4.69, 9.17) is 0 Å². The number of hydrogen-bond donors (Lipinski definition) is 1. The topological polar surface area (TPSA) is 49.4 Å². The zero-order valence-electron chi connectivity index (χ0n) is 9.64. The van der Waals surface area contributed by atoms with Gasteiger partial charge in [0.2, 0.25) is 5.91 Å². The molecule has 9 heteroatoms. The second-order valence-corrected chi connectivity index (χ2v) is 6.28. The molecule has 1 fully saturated rings. The molecule has 0 aliphatic carbocycles. The van der Waals surface area contributed by atoms with Crippen molar-refractivity contribution >= 4 is 35.3 Å². The quantitative estimate of drug-likeness (QED) is 0.775. The van der Waals surface area contributed by atoms with Crippen molar-refractivity contribution in [2.75, 3.05) is 18.2 Å². The van der Waals surface area contributed by atoms with E-state index in [0.717, 1.165) is 5.75 Å². The lowest BCUT2D eigenvalue weighted by atomic mass is 10.1. The van der Waals surface area contributed by atoms with Crippen molar-refractivity contribution in [3.05, 3.63) is 12.3 Å². The van der Waals surface area contributed by atoms with Gasteiger partial charge in [-0.15, -0.1) is 11.8 Å². The molecule has 1 saturated heterocycles. The van der Waals surface area contributed by atoms with Gasteiger partial charge in [-0.05, 0) is 0 Å². The molecule has 0 bridgehead atoms. The van der Waals surface area contributed by atoms with Gasteiger partial charge in [-0.25, -0.2) is 4.39 Å². The number of halogens is 3. The van der Waals surface area contributed by atoms with Gasteiger partial charge in [-0.1, -0.05) is 17.8 Å². The molecule has 2 rings (SSSR count). The molecular formula is C10H11F3N2O2S2. The fourth-order valence-electron chi connectivity index (χ4n) is 1.69. The molecule has 2 heterocycles. The Labute approximate surface area is 116 Å². The highest BCUT2D eigenvalue weighted by molar-refractivity contribution is 8.01. The Morgan fingerprint density at radius 3 is 3.05 bits per heavy atom. The third kappa shape index (κ3) is 3.19. The van der Waals surface area contributed by atoms with Crippen LogP contribution in [0.5, 0.6) is 0 Å². The summed E-state index contributed by atoms with van der Waals surface area (Å²) in [6.45, 7) is -1.82. The maximum absolute atomic E-state index is 12.6. The van der Waals surface area contributed by atoms with Gasteiger partial charge >= 0.3 is 5.25 Å². The summed E-state index contributed by atoms with van der Waals surface area (Å²) in [7, 11) is 0. The SMILES string of the molecule is O=C(CSC(F)(F)CF)NC1C(=O)N2C=CCS[C@@H]12. The number of amides is 2. The Hall–Kier alpha value is -0.830. The van der Waals surface area contributed by atoms with Gasteiger partial charge in [-0.3, -0.25) is 9.59 Å². The lowest BCUT2D eigenvalue weighted by Crippen LogP contribution is -2.68. The summed E-state index contributed by atoms with van der Waals surface area (Å²) < 4.78 is 37.1. The molecule has 0 saturated carbocycles. The number of fused-ring (bicyclic) bond motifs is 1. The van der Waals surface area contributed by atoms with E-state index >= 15 is 0 Å². The lowest BCUT2D eigenvalue weighted by Gasteiger charge is -2.46. The first-order valence-corrected chi connectivity index (χ1v) is 7.45. The van der Waals surface area contributed by atoms with Crippen molar-refractivity contribution in [3.8, 4) is 0 Å². The summed E-state index contributed by atoms with van der Waals surface area (Å²) in [6, 6.07) is -0.679. The largest absolute Gasteiger partial charge is 0.341 e. The number of nitrogens with zero attached hydrogens (tertiary/aromatic N) is 1. The Kier molecular flexibility index (Phi) is 4.34. The molecule has 0 spiro atoms. The van der Waals surface area contributed by atoms with Crippen LogP contribution >= 0.6 is 23.5 Å². The summed E-state index contributed by atoms with van der Waals surface area (Å²) in [6.07, 6.45) is 3.48. The van der Waals surface area contributed by atoms with Crippen molar-refractivity contribution in [1.29, 1.82) is 0 Å². The third-order valence-electron chi connectivity index (χ3n) is 2.60. The summed E-state index contributed by atoms with van der Waals surface area (Å²) >= 11 is 1.41. The van der Waals surface area contributed by atoms with Crippen LogP contribution in [0.25, 0.3) is 0 Å². The highest BCUT2D eigenvalue weighted by Crippen LogP contribution is 2.34. The van der Waals surface area contributed by atoms with Gasteiger partial charge in [-0.2, -0.15) is 8.78 Å². The van der Waals surface area contributed by atoms with Crippen molar-refractivity contribution < 1.29 is 22.8 Å². The Morgan fingerprint density at radius 1 is 1.63 bits per heavy atom. The number of nitrogens with one attached hydrogen (secondary N) is 1. The summed E-state index contributed by atoms with van der Waals surface area (Å²) in [4.78, 5) is 24.6. The number of rotatable bonds is 5. The van der Waals surface area contributed by atoms with Gasteiger partial charge in [0, 0.05) is 12.0 Å². The van der Waals surface area contributed by atoms with E-state index in [1.54, 1.807) is 6.20 Å². The van der Waals surface area contributed by atoms with Crippen LogP contribution in [-0.4, -0.2) is 51.6 Å². The number of alkyl halides is 3. The molecule has 0 aromatic carbocycles. The molecule has 0 aromatic rings. The van der Waals surface area contributed by atoms with Gasteiger partial charge in [0.15, 0.2) is 6.67 Å². The van der Waals surface area contributed by atoms with Crippen LogP contribution in [0.2, 0.25) is 0 Å². The minimum atomic E-state index is -3.56. The fraction of sp³-hybridized carbons (Fsp3) is 0.600. The van der Waals surface area contributed by atoms with Crippen LogP contribution < -0.4 is 5.32 Å². The highest BCUT2D eigenvalue weighted by atomic mass is 32.2. The fourth-order valence-corrected chi connectivity index (χ4v) is 3.30. The van der Waals surface area contributed by atoms with Gasteiger partial charge in [0.05, 0.1) is 5.75 Å². The number of β-lactam (4-membered cyclic amide) rings is 1. The number of carbonyl (C=O) groups excluding carboxylic acids is 2. The van der Waals surface area contributed by atoms with Crippen LogP contribution in [-0.2, 0) is 9.59 Å². The average Bonchev–Trinajstić information content (AvgIpc) is 2.42. The Bertz CT molecular complexity index is 420. The maximum Gasteiger partial charge on any atom is 0.322 e. The molecule has 0 aromatic heterocycles. The predicted molar refractivity (Wildman–Crippen MR) is 67.5 cm³/mol. The normalized spacial score (nSPS) is 25.8. The van der Waals surface area contributed by atoms with Crippen molar-refractivity contribution in [2.45, 2.75) is 16.7 Å². The average molecular weight is 312 g/mol. The summed E-state index contributed by atoms with van der Waals surface area (Å²) in [5, 5.41) is -1.33. The first-order valence-electron chi connectivity index (χ1n) is 5.42. The molecule has 19 heavy (non-hydrogen) atoms. The monoisotopic (exact) mass is 312 g/mol. The molecule has 106 valence electrons. The first kappa shape index (κ1) is 14.6. The second-order valence-electron chi connectivity index (χ2n) is 3.96. The first-order chi connectivity index (χ1) is 8.94. The molecule has 2 aliphatic rings. The molecule has 2 amide bonds. The van der Waals surface area contributed by atoms with Gasteiger partial charge in [0.1, 0.15) is 11.4 Å². The van der Waals surface area contributed by atoms with E-state index < -0.39 is 29.6 Å². The van der Waals surface area contributed by atoms with Crippen LogP contribution in [0.15, 0.2) is 12.3 Å². The molecule has 2 aliphatic heterocycles. The van der Waals surface area contributed by atoms with E-state index in [-0.39, 0.29) is 23.0 Å². The van der Waals surface area contributed by atoms with E-state index in [0.29, 0.717) is 0 Å². The highest BCUT2D eigenvalue weighted by Gasteiger charge is 2.48. The number of thioether (sulfide) groups is 2. The Balaban J connectivity index is 1.80. The number of hydrogen-bond acceptors (Lipinski definition) is 4. The van der Waals surface area contributed by atoms with Gasteiger partial charge in [0.25, 0.3) is 5.91 Å². The zero-order valence-corrected chi connectivity index (χ0v) is 11.3. The van der Waals surface area contributed by atoms with Crippen molar-refractivity contribution in [3.63, 3.8) is 0 Å². The number of carbonyl (C=O) groups is 2. The van der Waals surface area contributed by atoms with Crippen LogP contribution in [0.4, 0.5) is 13.2 Å². The van der Waals surface area contributed by atoms with Crippen LogP contribution in [0.3, 0.4) is 0 Å². The molecule has 0 radical (unpaired) electrons. The standard InChI is InChI=1S/C10H11F3N2O2S2/c11-5-10(12,13)19-4-6(16)14-7-8(17)15-2-1-3-18-9(7)15/h1-2,7,9H,3-5H2,(H,14,16)/t7?,9-/m0/s1. The van der Waals surface area contributed by atoms with E-state index in [1.807, 2.05) is 6.08 Å². The minimum Gasteiger partial charge on any atom is -0.341 e.